The van der Waals surface area contributed by atoms with Crippen LogP contribution in [0.3, 0.4) is 0 Å². The number of hydrogen-bond donors (Lipinski definition) is 2. The van der Waals surface area contributed by atoms with Gasteiger partial charge < -0.3 is 20.1 Å². The van der Waals surface area contributed by atoms with Gasteiger partial charge in [0.15, 0.2) is 0 Å². The zero-order valence-corrected chi connectivity index (χ0v) is 13.7. The number of aliphatic hydroxyl groups excluding tert-OH is 1. The summed E-state index contributed by atoms with van der Waals surface area (Å²) < 4.78 is 41.0. The van der Waals surface area contributed by atoms with Crippen LogP contribution in [0.25, 0.3) is 0 Å². The molecule has 0 saturated carbocycles. The van der Waals surface area contributed by atoms with Gasteiger partial charge in [-0.15, -0.1) is 13.2 Å². The summed E-state index contributed by atoms with van der Waals surface area (Å²) in [5, 5.41) is 13.0. The van der Waals surface area contributed by atoms with Crippen LogP contribution in [0.5, 0.6) is 5.75 Å². The molecule has 1 unspecified atom stereocenters. The summed E-state index contributed by atoms with van der Waals surface area (Å²) in [5.41, 5.74) is 0.0415. The largest absolute Gasteiger partial charge is 0.573 e. The molecule has 1 aromatic carbocycles. The van der Waals surface area contributed by atoms with Gasteiger partial charge in [-0.05, 0) is 49.5 Å². The maximum atomic E-state index is 12.7. The number of hydrogen-bond acceptors (Lipinski definition) is 4. The van der Waals surface area contributed by atoms with Crippen molar-refractivity contribution >= 4 is 5.91 Å². The Kier molecular flexibility index (Phi) is 4.92. The number of aliphatic hydroxyl groups is 1. The van der Waals surface area contributed by atoms with E-state index in [0.717, 1.165) is 32.0 Å². The predicted octanol–water partition coefficient (Wildman–Crippen LogP) is 2.02. The lowest BCUT2D eigenvalue weighted by molar-refractivity contribution is -0.274. The van der Waals surface area contributed by atoms with Crippen molar-refractivity contribution in [2.24, 2.45) is 11.3 Å². The van der Waals surface area contributed by atoms with Gasteiger partial charge >= 0.3 is 6.36 Å². The number of amides is 1. The van der Waals surface area contributed by atoms with Crippen LogP contribution < -0.4 is 10.1 Å². The average Bonchev–Trinajstić information content (AvgIpc) is 2.91. The molecule has 0 bridgehead atoms. The molecule has 1 amide bonds. The summed E-state index contributed by atoms with van der Waals surface area (Å²) in [5.74, 6) is -0.748. The molecule has 5 nitrogen and oxygen atoms in total. The van der Waals surface area contributed by atoms with Crippen LogP contribution in [0.15, 0.2) is 24.3 Å². The number of piperidine rings is 1. The third-order valence-corrected chi connectivity index (χ3v) is 5.23. The second kappa shape index (κ2) is 6.84. The summed E-state index contributed by atoms with van der Waals surface area (Å²) >= 11 is 0. The number of nitrogens with one attached hydrogen (secondary N) is 1. The molecule has 0 radical (unpaired) electrons. The van der Waals surface area contributed by atoms with E-state index in [1.165, 1.54) is 18.2 Å². The molecule has 25 heavy (non-hydrogen) atoms. The molecule has 2 heterocycles. The first-order chi connectivity index (χ1) is 11.8. The van der Waals surface area contributed by atoms with Crippen molar-refractivity contribution in [2.75, 3.05) is 32.8 Å². The Morgan fingerprint density at radius 2 is 2.08 bits per heavy atom. The van der Waals surface area contributed by atoms with Crippen molar-refractivity contribution in [3.63, 3.8) is 0 Å². The number of nitrogens with zero attached hydrogens (tertiary/aromatic N) is 1. The Bertz CT molecular complexity index is 630. The lowest BCUT2D eigenvalue weighted by Crippen LogP contribution is -2.43. The van der Waals surface area contributed by atoms with Crippen LogP contribution in [0.4, 0.5) is 13.2 Å². The van der Waals surface area contributed by atoms with Crippen LogP contribution in [-0.4, -0.2) is 55.1 Å². The molecule has 1 spiro atoms. The molecule has 2 aliphatic heterocycles. The lowest BCUT2D eigenvalue weighted by atomic mass is 9.71. The Labute approximate surface area is 143 Å². The standard InChI is InChI=1S/C17H21F3N2O3/c18-17(19,20)25-14-3-1-2-12(8-14)15(24)22-9-13(10-23)16(11-22)4-6-21-7-5-16/h1-3,8,13,21,23H,4-7,9-11H2. The zero-order chi connectivity index (χ0) is 18.1. The predicted molar refractivity (Wildman–Crippen MR) is 84.1 cm³/mol. The van der Waals surface area contributed by atoms with Crippen LogP contribution in [0, 0.1) is 11.3 Å². The van der Waals surface area contributed by atoms with E-state index in [0.29, 0.717) is 13.1 Å². The molecule has 1 aromatic rings. The van der Waals surface area contributed by atoms with Crippen molar-refractivity contribution in [2.45, 2.75) is 19.2 Å². The number of carbonyl (C=O) groups excluding carboxylic acids is 1. The molecule has 8 heteroatoms. The van der Waals surface area contributed by atoms with E-state index in [2.05, 4.69) is 10.1 Å². The minimum atomic E-state index is -4.80. The van der Waals surface area contributed by atoms with Gasteiger partial charge in [-0.3, -0.25) is 4.79 Å². The van der Waals surface area contributed by atoms with E-state index in [9.17, 15) is 23.1 Å². The highest BCUT2D eigenvalue weighted by molar-refractivity contribution is 5.94. The highest BCUT2D eigenvalue weighted by Gasteiger charge is 2.47. The van der Waals surface area contributed by atoms with Gasteiger partial charge in [0.1, 0.15) is 5.75 Å². The summed E-state index contributed by atoms with van der Waals surface area (Å²) in [6, 6.07) is 5.12. The molecule has 2 N–H and O–H groups in total. The van der Waals surface area contributed by atoms with Gasteiger partial charge in [-0.1, -0.05) is 6.07 Å². The van der Waals surface area contributed by atoms with Gasteiger partial charge in [0.25, 0.3) is 5.91 Å². The molecule has 0 aromatic heterocycles. The maximum Gasteiger partial charge on any atom is 0.573 e. The highest BCUT2D eigenvalue weighted by Crippen LogP contribution is 2.43. The number of halogens is 3. The van der Waals surface area contributed by atoms with E-state index in [-0.39, 0.29) is 29.4 Å². The molecule has 2 fully saturated rings. The summed E-state index contributed by atoms with van der Waals surface area (Å²) in [7, 11) is 0. The minimum absolute atomic E-state index is 0.000997. The lowest BCUT2D eigenvalue weighted by Gasteiger charge is -2.37. The average molecular weight is 358 g/mol. The summed E-state index contributed by atoms with van der Waals surface area (Å²) in [4.78, 5) is 14.4. The van der Waals surface area contributed by atoms with E-state index in [4.69, 9.17) is 0 Å². The van der Waals surface area contributed by atoms with E-state index >= 15 is 0 Å². The van der Waals surface area contributed by atoms with Gasteiger partial charge in [0, 0.05) is 31.2 Å². The molecule has 2 saturated heterocycles. The molecular formula is C17H21F3N2O3. The van der Waals surface area contributed by atoms with E-state index < -0.39 is 12.1 Å². The topological polar surface area (TPSA) is 61.8 Å². The van der Waals surface area contributed by atoms with Crippen LogP contribution in [-0.2, 0) is 0 Å². The first kappa shape index (κ1) is 18.0. The van der Waals surface area contributed by atoms with Crippen molar-refractivity contribution in [3.8, 4) is 5.75 Å². The van der Waals surface area contributed by atoms with Crippen molar-refractivity contribution in [3.05, 3.63) is 29.8 Å². The number of alkyl halides is 3. The smallest absolute Gasteiger partial charge is 0.406 e. The van der Waals surface area contributed by atoms with Crippen LogP contribution in [0.2, 0.25) is 0 Å². The SMILES string of the molecule is O=C(c1cccc(OC(F)(F)F)c1)N1CC(CO)C2(CCNCC2)C1. The number of rotatable bonds is 3. The van der Waals surface area contributed by atoms with Gasteiger partial charge in [-0.25, -0.2) is 0 Å². The molecule has 2 aliphatic rings. The van der Waals surface area contributed by atoms with Crippen LogP contribution in [0.1, 0.15) is 23.2 Å². The normalized spacial score (nSPS) is 23.0. The van der Waals surface area contributed by atoms with Crippen molar-refractivity contribution < 1.29 is 27.8 Å². The Hall–Kier alpha value is -1.80. The minimum Gasteiger partial charge on any atom is -0.406 e. The summed E-state index contributed by atoms with van der Waals surface area (Å²) in [6.45, 7) is 2.62. The van der Waals surface area contributed by atoms with Crippen molar-refractivity contribution in [1.29, 1.82) is 0 Å². The third-order valence-electron chi connectivity index (χ3n) is 5.23. The fraction of sp³-hybridized carbons (Fsp3) is 0.588. The quantitative estimate of drug-likeness (QED) is 0.868. The molecular weight excluding hydrogens is 337 g/mol. The van der Waals surface area contributed by atoms with Gasteiger partial charge in [-0.2, -0.15) is 0 Å². The van der Waals surface area contributed by atoms with Gasteiger partial charge in [0.05, 0.1) is 0 Å². The maximum absolute atomic E-state index is 12.7. The third kappa shape index (κ3) is 3.90. The van der Waals surface area contributed by atoms with E-state index in [1.54, 1.807) is 4.90 Å². The highest BCUT2D eigenvalue weighted by atomic mass is 19.4. The first-order valence-corrected chi connectivity index (χ1v) is 8.30. The molecule has 0 aliphatic carbocycles. The fourth-order valence-electron chi connectivity index (χ4n) is 3.94. The number of benzene rings is 1. The number of ether oxygens (including phenoxy) is 1. The second-order valence-corrected chi connectivity index (χ2v) is 6.75. The Balaban J connectivity index is 1.76. The Morgan fingerprint density at radius 3 is 2.72 bits per heavy atom. The summed E-state index contributed by atoms with van der Waals surface area (Å²) in [6.07, 6.45) is -3.05. The number of carbonyl (C=O) groups is 1. The second-order valence-electron chi connectivity index (χ2n) is 6.75. The molecule has 1 atom stereocenters. The van der Waals surface area contributed by atoms with Gasteiger partial charge in [0.2, 0.25) is 0 Å². The molecule has 3 rings (SSSR count). The fourth-order valence-corrected chi connectivity index (χ4v) is 3.94. The monoisotopic (exact) mass is 358 g/mol. The molecule has 138 valence electrons. The Morgan fingerprint density at radius 1 is 1.36 bits per heavy atom. The zero-order valence-electron chi connectivity index (χ0n) is 13.7. The first-order valence-electron chi connectivity index (χ1n) is 8.30. The van der Waals surface area contributed by atoms with Crippen molar-refractivity contribution in [1.82, 2.24) is 10.2 Å². The number of likely N-dealkylation sites (tertiary alicyclic amines) is 1. The van der Waals surface area contributed by atoms with Crippen LogP contribution >= 0.6 is 0 Å². The van der Waals surface area contributed by atoms with E-state index in [1.807, 2.05) is 0 Å².